The Morgan fingerprint density at radius 3 is 2.95 bits per heavy atom. The molecule has 20 heavy (non-hydrogen) atoms. The predicted octanol–water partition coefficient (Wildman–Crippen LogP) is 2.62. The van der Waals surface area contributed by atoms with Crippen molar-refractivity contribution in [2.75, 3.05) is 12.4 Å². The topological polar surface area (TPSA) is 68.3 Å². The van der Waals surface area contributed by atoms with Crippen molar-refractivity contribution in [1.82, 2.24) is 4.98 Å². The Morgan fingerprint density at radius 1 is 1.55 bits per heavy atom. The molecular weight excluding hydrogens is 276 g/mol. The fraction of sp³-hybridized carbons (Fsp3) is 0.643. The van der Waals surface area contributed by atoms with Gasteiger partial charge >= 0.3 is 5.97 Å². The summed E-state index contributed by atoms with van der Waals surface area (Å²) in [5.41, 5.74) is 0.910. The van der Waals surface area contributed by atoms with Gasteiger partial charge in [0.15, 0.2) is 5.13 Å². The lowest BCUT2D eigenvalue weighted by atomic mass is 10.1. The molecule has 1 aliphatic rings. The van der Waals surface area contributed by atoms with Crippen molar-refractivity contribution >= 4 is 28.3 Å². The average Bonchev–Trinajstić information content (AvgIpc) is 3.20. The lowest BCUT2D eigenvalue weighted by Gasteiger charge is -2.08. The van der Waals surface area contributed by atoms with Crippen molar-refractivity contribution in [2.24, 2.45) is 11.8 Å². The van der Waals surface area contributed by atoms with Gasteiger partial charge in [-0.25, -0.2) is 4.98 Å². The number of aryl methyl sites for hydroxylation is 1. The molecule has 1 N–H and O–H groups in total. The molecule has 0 radical (unpaired) electrons. The van der Waals surface area contributed by atoms with Crippen molar-refractivity contribution in [3.63, 3.8) is 0 Å². The van der Waals surface area contributed by atoms with Crippen LogP contribution in [0.5, 0.6) is 0 Å². The highest BCUT2D eigenvalue weighted by atomic mass is 32.1. The number of rotatable bonds is 7. The van der Waals surface area contributed by atoms with Gasteiger partial charge in [-0.1, -0.05) is 6.92 Å². The van der Waals surface area contributed by atoms with Crippen molar-refractivity contribution in [1.29, 1.82) is 0 Å². The second-order valence-corrected chi connectivity index (χ2v) is 6.05. The van der Waals surface area contributed by atoms with E-state index in [1.807, 2.05) is 12.3 Å². The van der Waals surface area contributed by atoms with Crippen molar-refractivity contribution in [2.45, 2.75) is 39.0 Å². The highest BCUT2D eigenvalue weighted by Crippen LogP contribution is 2.37. The minimum absolute atomic E-state index is 0.0583. The molecule has 6 heteroatoms. The molecule has 5 nitrogen and oxygen atoms in total. The summed E-state index contributed by atoms with van der Waals surface area (Å²) in [6.07, 6.45) is 4.15. The highest BCUT2D eigenvalue weighted by molar-refractivity contribution is 7.13. The number of ether oxygens (including phenoxy) is 1. The first kappa shape index (κ1) is 15.0. The van der Waals surface area contributed by atoms with Crippen LogP contribution in [0.25, 0.3) is 0 Å². The number of hydrogen-bond acceptors (Lipinski definition) is 5. The van der Waals surface area contributed by atoms with Crippen LogP contribution in [0.1, 0.15) is 38.3 Å². The molecule has 0 spiro atoms. The van der Waals surface area contributed by atoms with Gasteiger partial charge in [-0.15, -0.1) is 11.3 Å². The van der Waals surface area contributed by atoms with E-state index in [1.165, 1.54) is 18.4 Å². The second kappa shape index (κ2) is 6.83. The maximum Gasteiger partial charge on any atom is 0.305 e. The number of carbonyl (C=O) groups excluding carboxylic acids is 2. The van der Waals surface area contributed by atoms with Gasteiger partial charge in [0.1, 0.15) is 0 Å². The molecule has 1 aliphatic carbocycles. The summed E-state index contributed by atoms with van der Waals surface area (Å²) < 4.78 is 4.59. The third-order valence-corrected chi connectivity index (χ3v) is 4.37. The Balaban J connectivity index is 1.76. The van der Waals surface area contributed by atoms with Crippen LogP contribution in [0, 0.1) is 11.8 Å². The van der Waals surface area contributed by atoms with Crippen molar-refractivity contribution < 1.29 is 14.3 Å². The Labute approximate surface area is 122 Å². The third-order valence-electron chi connectivity index (χ3n) is 3.57. The van der Waals surface area contributed by atoms with Gasteiger partial charge in [0.05, 0.1) is 12.8 Å². The normalized spacial score (nSPS) is 15.7. The molecule has 0 aromatic carbocycles. The molecule has 1 fully saturated rings. The number of thiazole rings is 1. The number of anilines is 1. The van der Waals surface area contributed by atoms with Gasteiger partial charge in [-0.2, -0.15) is 0 Å². The van der Waals surface area contributed by atoms with E-state index in [2.05, 4.69) is 15.0 Å². The number of amides is 1. The molecule has 110 valence electrons. The molecule has 0 aliphatic heterocycles. The zero-order valence-corrected chi connectivity index (χ0v) is 12.7. The molecule has 1 aromatic heterocycles. The molecule has 1 heterocycles. The Hall–Kier alpha value is -1.43. The SMILES string of the molecule is COC(=O)CCCc1csc(NC(=O)C(C)C2CC2)n1. The first-order chi connectivity index (χ1) is 9.60. The van der Waals surface area contributed by atoms with Crippen LogP contribution >= 0.6 is 11.3 Å². The monoisotopic (exact) mass is 296 g/mol. The largest absolute Gasteiger partial charge is 0.469 e. The highest BCUT2D eigenvalue weighted by Gasteiger charge is 2.32. The summed E-state index contributed by atoms with van der Waals surface area (Å²) in [4.78, 5) is 27.3. The molecule has 2 rings (SSSR count). The first-order valence-electron chi connectivity index (χ1n) is 6.92. The van der Waals surface area contributed by atoms with Crippen LogP contribution in [0.2, 0.25) is 0 Å². The van der Waals surface area contributed by atoms with E-state index < -0.39 is 0 Å². The summed E-state index contributed by atoms with van der Waals surface area (Å²) in [5, 5.41) is 5.44. The third kappa shape index (κ3) is 4.30. The van der Waals surface area contributed by atoms with Crippen LogP contribution < -0.4 is 5.32 Å². The minimum Gasteiger partial charge on any atom is -0.469 e. The number of methoxy groups -OCH3 is 1. The molecule has 0 bridgehead atoms. The average molecular weight is 296 g/mol. The summed E-state index contributed by atoms with van der Waals surface area (Å²) in [6, 6.07) is 0. The maximum atomic E-state index is 11.9. The smallest absolute Gasteiger partial charge is 0.305 e. The summed E-state index contributed by atoms with van der Waals surface area (Å²) in [6.45, 7) is 1.97. The van der Waals surface area contributed by atoms with Crippen LogP contribution in [0.3, 0.4) is 0 Å². The van der Waals surface area contributed by atoms with Crippen LogP contribution in [-0.4, -0.2) is 24.0 Å². The number of esters is 1. The zero-order valence-electron chi connectivity index (χ0n) is 11.8. The Kier molecular flexibility index (Phi) is 5.11. The molecule has 1 unspecified atom stereocenters. The van der Waals surface area contributed by atoms with Crippen molar-refractivity contribution in [3.8, 4) is 0 Å². The van der Waals surface area contributed by atoms with Crippen molar-refractivity contribution in [3.05, 3.63) is 11.1 Å². The molecule has 1 amide bonds. The van der Waals surface area contributed by atoms with E-state index >= 15 is 0 Å². The molecule has 0 saturated heterocycles. The van der Waals surface area contributed by atoms with E-state index in [0.717, 1.165) is 25.0 Å². The number of aromatic nitrogens is 1. The van der Waals surface area contributed by atoms with Gasteiger partial charge in [0, 0.05) is 17.7 Å². The van der Waals surface area contributed by atoms with Crippen LogP contribution in [0.4, 0.5) is 5.13 Å². The van der Waals surface area contributed by atoms with E-state index in [-0.39, 0.29) is 17.8 Å². The predicted molar refractivity (Wildman–Crippen MR) is 77.6 cm³/mol. The van der Waals surface area contributed by atoms with Gasteiger partial charge in [-0.3, -0.25) is 9.59 Å². The fourth-order valence-corrected chi connectivity index (χ4v) is 2.77. The number of carbonyl (C=O) groups is 2. The van der Waals surface area contributed by atoms with Gasteiger partial charge in [-0.05, 0) is 31.6 Å². The lowest BCUT2D eigenvalue weighted by molar-refractivity contribution is -0.140. The molecular formula is C14H20N2O3S. The number of nitrogens with zero attached hydrogens (tertiary/aromatic N) is 1. The van der Waals surface area contributed by atoms with Crippen LogP contribution in [0.15, 0.2) is 5.38 Å². The summed E-state index contributed by atoms with van der Waals surface area (Å²) >= 11 is 1.43. The van der Waals surface area contributed by atoms with E-state index in [9.17, 15) is 9.59 Å². The van der Waals surface area contributed by atoms with Gasteiger partial charge in [0.2, 0.25) is 5.91 Å². The number of nitrogens with one attached hydrogen (secondary N) is 1. The Morgan fingerprint density at radius 2 is 2.30 bits per heavy atom. The number of hydrogen-bond donors (Lipinski definition) is 1. The lowest BCUT2D eigenvalue weighted by Crippen LogP contribution is -2.21. The second-order valence-electron chi connectivity index (χ2n) is 5.19. The molecule has 1 aromatic rings. The Bertz CT molecular complexity index is 483. The summed E-state index contributed by atoms with van der Waals surface area (Å²) in [7, 11) is 1.39. The quantitative estimate of drug-likeness (QED) is 0.785. The van der Waals surface area contributed by atoms with E-state index in [0.29, 0.717) is 23.9 Å². The molecule has 1 atom stereocenters. The fourth-order valence-electron chi connectivity index (χ4n) is 2.02. The zero-order chi connectivity index (χ0) is 14.5. The standard InChI is InChI=1S/C14H20N2O3S/c1-9(10-6-7-10)13(18)16-14-15-11(8-20-14)4-3-5-12(17)19-2/h8-10H,3-7H2,1-2H3,(H,15,16,18). The van der Waals surface area contributed by atoms with Crippen LogP contribution in [-0.2, 0) is 20.7 Å². The summed E-state index contributed by atoms with van der Waals surface area (Å²) in [5.74, 6) is 0.478. The molecule has 1 saturated carbocycles. The minimum atomic E-state index is -0.202. The maximum absolute atomic E-state index is 11.9. The van der Waals surface area contributed by atoms with E-state index in [4.69, 9.17) is 0 Å². The van der Waals surface area contributed by atoms with E-state index in [1.54, 1.807) is 0 Å². The first-order valence-corrected chi connectivity index (χ1v) is 7.80. The van der Waals surface area contributed by atoms with Gasteiger partial charge < -0.3 is 10.1 Å². The van der Waals surface area contributed by atoms with Gasteiger partial charge in [0.25, 0.3) is 0 Å².